The summed E-state index contributed by atoms with van der Waals surface area (Å²) < 4.78 is 0. The standard InChI is InChI=1S/C24H20N2O2/c1-16-12-14-18(15-13-16)21-22(25-19-9-4-3-5-10-19)24(28)26(23(21)27)20-11-7-6-8-17(20)2/h3-15,25H,1-2H3. The zero-order valence-electron chi connectivity index (χ0n) is 15.8. The molecule has 138 valence electrons. The molecule has 0 aromatic heterocycles. The summed E-state index contributed by atoms with van der Waals surface area (Å²) in [5.41, 5.74) is 4.73. The highest BCUT2D eigenvalue weighted by Gasteiger charge is 2.40. The summed E-state index contributed by atoms with van der Waals surface area (Å²) in [6.45, 7) is 3.88. The van der Waals surface area contributed by atoms with E-state index in [1.807, 2.05) is 86.6 Å². The first-order valence-electron chi connectivity index (χ1n) is 9.14. The van der Waals surface area contributed by atoms with Gasteiger partial charge in [0.25, 0.3) is 11.8 Å². The number of rotatable bonds is 4. The monoisotopic (exact) mass is 368 g/mol. The Hall–Kier alpha value is -3.66. The van der Waals surface area contributed by atoms with Crippen molar-refractivity contribution in [1.29, 1.82) is 0 Å². The average molecular weight is 368 g/mol. The maximum Gasteiger partial charge on any atom is 0.282 e. The van der Waals surface area contributed by atoms with Crippen LogP contribution >= 0.6 is 0 Å². The van der Waals surface area contributed by atoms with Gasteiger partial charge in [-0.3, -0.25) is 9.59 Å². The van der Waals surface area contributed by atoms with Crippen LogP contribution in [0, 0.1) is 13.8 Å². The van der Waals surface area contributed by atoms with Crippen LogP contribution in [0.5, 0.6) is 0 Å². The van der Waals surface area contributed by atoms with Crippen LogP contribution < -0.4 is 10.2 Å². The van der Waals surface area contributed by atoms with Gasteiger partial charge in [-0.15, -0.1) is 0 Å². The summed E-state index contributed by atoms with van der Waals surface area (Å²) in [6, 6.07) is 24.5. The van der Waals surface area contributed by atoms with Gasteiger partial charge in [0.1, 0.15) is 5.70 Å². The van der Waals surface area contributed by atoms with Crippen molar-refractivity contribution < 1.29 is 9.59 Å². The van der Waals surface area contributed by atoms with Gasteiger partial charge in [0.2, 0.25) is 0 Å². The zero-order chi connectivity index (χ0) is 19.7. The molecule has 1 aliphatic rings. The summed E-state index contributed by atoms with van der Waals surface area (Å²) >= 11 is 0. The van der Waals surface area contributed by atoms with Crippen LogP contribution in [-0.4, -0.2) is 11.8 Å². The Labute approximate surface area is 164 Å². The largest absolute Gasteiger partial charge is 0.350 e. The van der Waals surface area contributed by atoms with E-state index < -0.39 is 0 Å². The van der Waals surface area contributed by atoms with Crippen molar-refractivity contribution in [3.63, 3.8) is 0 Å². The molecule has 0 aliphatic carbocycles. The molecule has 0 radical (unpaired) electrons. The number of carbonyl (C=O) groups is 2. The van der Waals surface area contributed by atoms with E-state index >= 15 is 0 Å². The molecule has 0 saturated heterocycles. The lowest BCUT2D eigenvalue weighted by atomic mass is 10.0. The lowest BCUT2D eigenvalue weighted by Gasteiger charge is -2.17. The summed E-state index contributed by atoms with van der Waals surface area (Å²) in [5.74, 6) is -0.666. The number of amides is 2. The van der Waals surface area contributed by atoms with Gasteiger partial charge in [-0.2, -0.15) is 0 Å². The summed E-state index contributed by atoms with van der Waals surface area (Å²) in [4.78, 5) is 27.9. The molecular weight excluding hydrogens is 348 g/mol. The van der Waals surface area contributed by atoms with Gasteiger partial charge < -0.3 is 5.32 Å². The van der Waals surface area contributed by atoms with Gasteiger partial charge in [0.15, 0.2) is 0 Å². The van der Waals surface area contributed by atoms with Crippen LogP contribution in [0.3, 0.4) is 0 Å². The number of aryl methyl sites for hydroxylation is 2. The average Bonchev–Trinajstić information content (AvgIpc) is 2.94. The molecule has 2 amide bonds. The van der Waals surface area contributed by atoms with Gasteiger partial charge in [-0.1, -0.05) is 66.2 Å². The molecule has 3 aromatic carbocycles. The van der Waals surface area contributed by atoms with Crippen LogP contribution in [0.4, 0.5) is 11.4 Å². The predicted molar refractivity (Wildman–Crippen MR) is 112 cm³/mol. The molecule has 1 aliphatic heterocycles. The Morgan fingerprint density at radius 3 is 2.04 bits per heavy atom. The number of para-hydroxylation sites is 2. The maximum atomic E-state index is 13.4. The summed E-state index contributed by atoms with van der Waals surface area (Å²) in [7, 11) is 0. The molecule has 3 aromatic rings. The van der Waals surface area contributed by atoms with Crippen LogP contribution in [0.1, 0.15) is 16.7 Å². The van der Waals surface area contributed by atoms with Crippen molar-refractivity contribution in [3.05, 3.63) is 101 Å². The van der Waals surface area contributed by atoms with E-state index in [0.29, 0.717) is 17.0 Å². The molecule has 0 atom stereocenters. The molecule has 0 saturated carbocycles. The van der Waals surface area contributed by atoms with E-state index in [2.05, 4.69) is 5.32 Å². The van der Waals surface area contributed by atoms with E-state index in [1.165, 1.54) is 4.90 Å². The summed E-state index contributed by atoms with van der Waals surface area (Å²) in [5, 5.41) is 3.17. The van der Waals surface area contributed by atoms with E-state index in [1.54, 1.807) is 6.07 Å². The summed E-state index contributed by atoms with van der Waals surface area (Å²) in [6.07, 6.45) is 0. The van der Waals surface area contributed by atoms with E-state index in [-0.39, 0.29) is 11.8 Å². The molecule has 0 bridgehead atoms. The topological polar surface area (TPSA) is 49.4 Å². The molecule has 4 heteroatoms. The normalized spacial score (nSPS) is 14.0. The lowest BCUT2D eigenvalue weighted by Crippen LogP contribution is -2.33. The van der Waals surface area contributed by atoms with Crippen molar-refractivity contribution in [2.75, 3.05) is 10.2 Å². The number of imide groups is 1. The first-order chi connectivity index (χ1) is 13.6. The highest BCUT2D eigenvalue weighted by molar-refractivity contribution is 6.46. The molecule has 4 nitrogen and oxygen atoms in total. The quantitative estimate of drug-likeness (QED) is 0.679. The fourth-order valence-electron chi connectivity index (χ4n) is 3.33. The Morgan fingerprint density at radius 2 is 1.36 bits per heavy atom. The minimum Gasteiger partial charge on any atom is -0.350 e. The highest BCUT2D eigenvalue weighted by atomic mass is 16.2. The first kappa shape index (κ1) is 17.7. The first-order valence-corrected chi connectivity index (χ1v) is 9.14. The van der Waals surface area contributed by atoms with Gasteiger partial charge in [0, 0.05) is 5.69 Å². The molecule has 28 heavy (non-hydrogen) atoms. The Bertz CT molecular complexity index is 1080. The minimum atomic E-state index is -0.348. The van der Waals surface area contributed by atoms with Gasteiger partial charge >= 0.3 is 0 Å². The molecule has 1 N–H and O–H groups in total. The SMILES string of the molecule is Cc1ccc(C2=C(Nc3ccccc3)C(=O)N(c3ccccc3C)C2=O)cc1. The predicted octanol–water partition coefficient (Wildman–Crippen LogP) is 4.70. The second kappa shape index (κ2) is 7.16. The Balaban J connectivity index is 1.84. The molecule has 0 fully saturated rings. The third kappa shape index (κ3) is 3.09. The highest BCUT2D eigenvalue weighted by Crippen LogP contribution is 2.35. The van der Waals surface area contributed by atoms with Crippen molar-refractivity contribution in [2.45, 2.75) is 13.8 Å². The van der Waals surface area contributed by atoms with Crippen molar-refractivity contribution in [2.24, 2.45) is 0 Å². The number of nitrogens with one attached hydrogen (secondary N) is 1. The second-order valence-electron chi connectivity index (χ2n) is 6.84. The minimum absolute atomic E-state index is 0.295. The van der Waals surface area contributed by atoms with Gasteiger partial charge in [-0.25, -0.2) is 4.90 Å². The van der Waals surface area contributed by atoms with Crippen molar-refractivity contribution >= 4 is 28.8 Å². The van der Waals surface area contributed by atoms with Crippen LogP contribution in [0.2, 0.25) is 0 Å². The maximum absolute atomic E-state index is 13.4. The molecule has 0 spiro atoms. The van der Waals surface area contributed by atoms with Gasteiger partial charge in [0.05, 0.1) is 11.3 Å². The fourth-order valence-corrected chi connectivity index (χ4v) is 3.33. The Morgan fingerprint density at radius 1 is 0.714 bits per heavy atom. The number of benzene rings is 3. The zero-order valence-corrected chi connectivity index (χ0v) is 15.8. The number of anilines is 2. The van der Waals surface area contributed by atoms with E-state index in [0.717, 1.165) is 22.4 Å². The van der Waals surface area contributed by atoms with Crippen LogP contribution in [0.15, 0.2) is 84.6 Å². The van der Waals surface area contributed by atoms with Crippen LogP contribution in [-0.2, 0) is 9.59 Å². The second-order valence-corrected chi connectivity index (χ2v) is 6.84. The fraction of sp³-hybridized carbons (Fsp3) is 0.0833. The number of hydrogen-bond donors (Lipinski definition) is 1. The molecule has 1 heterocycles. The van der Waals surface area contributed by atoms with Gasteiger partial charge in [-0.05, 0) is 43.2 Å². The van der Waals surface area contributed by atoms with E-state index in [9.17, 15) is 9.59 Å². The third-order valence-electron chi connectivity index (χ3n) is 4.82. The van der Waals surface area contributed by atoms with E-state index in [4.69, 9.17) is 0 Å². The van der Waals surface area contributed by atoms with Crippen molar-refractivity contribution in [1.82, 2.24) is 0 Å². The number of hydrogen-bond acceptors (Lipinski definition) is 3. The molecule has 0 unspecified atom stereocenters. The molecule has 4 rings (SSSR count). The number of carbonyl (C=O) groups excluding carboxylic acids is 2. The lowest BCUT2D eigenvalue weighted by molar-refractivity contribution is -0.120. The smallest absolute Gasteiger partial charge is 0.282 e. The Kier molecular flexibility index (Phi) is 4.53. The number of nitrogens with zero attached hydrogens (tertiary/aromatic N) is 1. The van der Waals surface area contributed by atoms with Crippen molar-refractivity contribution in [3.8, 4) is 0 Å². The molecular formula is C24H20N2O2. The third-order valence-corrected chi connectivity index (χ3v) is 4.82. The van der Waals surface area contributed by atoms with Crippen LogP contribution in [0.25, 0.3) is 5.57 Å².